The summed E-state index contributed by atoms with van der Waals surface area (Å²) in [5, 5.41) is 12.2. The Morgan fingerprint density at radius 3 is 2.75 bits per heavy atom. The summed E-state index contributed by atoms with van der Waals surface area (Å²) in [6.07, 6.45) is 3.97. The second-order valence-corrected chi connectivity index (χ2v) is 6.19. The minimum absolute atomic E-state index is 0.0666. The van der Waals surface area contributed by atoms with E-state index in [2.05, 4.69) is 5.32 Å². The molecule has 4 N–H and O–H groups in total. The third kappa shape index (κ3) is 2.81. The Kier molecular flexibility index (Phi) is 4.65. The largest absolute Gasteiger partial charge is 0.481 e. The van der Waals surface area contributed by atoms with E-state index in [1.165, 1.54) is 0 Å². The fraction of sp³-hybridized carbons (Fsp3) is 0.857. The zero-order chi connectivity index (χ0) is 14.8. The van der Waals surface area contributed by atoms with Gasteiger partial charge in [0.15, 0.2) is 0 Å². The molecule has 1 amide bonds. The Bertz CT molecular complexity index is 387. The second kappa shape index (κ2) is 6.10. The highest BCUT2D eigenvalue weighted by Gasteiger charge is 2.48. The normalized spacial score (nSPS) is 37.6. The van der Waals surface area contributed by atoms with Crippen LogP contribution in [0.15, 0.2) is 0 Å². The average Bonchev–Trinajstić information content (AvgIpc) is 2.81. The first kappa shape index (κ1) is 15.3. The molecule has 4 unspecified atom stereocenters. The molecule has 1 saturated carbocycles. The monoisotopic (exact) mass is 284 g/mol. The lowest BCUT2D eigenvalue weighted by atomic mass is 9.78. The maximum absolute atomic E-state index is 12.4. The summed E-state index contributed by atoms with van der Waals surface area (Å²) < 4.78 is 5.26. The minimum Gasteiger partial charge on any atom is -0.481 e. The summed E-state index contributed by atoms with van der Waals surface area (Å²) in [6, 6.07) is -0.465. The quantitative estimate of drug-likeness (QED) is 0.691. The smallest absolute Gasteiger partial charge is 0.313 e. The van der Waals surface area contributed by atoms with Crippen LogP contribution in [0.2, 0.25) is 0 Å². The van der Waals surface area contributed by atoms with Crippen LogP contribution in [0.4, 0.5) is 0 Å². The molecule has 2 rings (SSSR count). The van der Waals surface area contributed by atoms with E-state index in [1.54, 1.807) is 6.92 Å². The number of carboxylic acids is 1. The van der Waals surface area contributed by atoms with Crippen molar-refractivity contribution in [3.63, 3.8) is 0 Å². The molecule has 6 heteroatoms. The SMILES string of the molecule is CC1(C(=O)O)COCC1NC(=O)C1CCCCC1CN. The molecule has 1 saturated heterocycles. The zero-order valence-corrected chi connectivity index (χ0v) is 11.9. The van der Waals surface area contributed by atoms with Crippen molar-refractivity contribution < 1.29 is 19.4 Å². The molecule has 0 bridgehead atoms. The topological polar surface area (TPSA) is 102 Å². The van der Waals surface area contributed by atoms with E-state index in [0.717, 1.165) is 25.7 Å². The molecular formula is C14H24N2O4. The number of ether oxygens (including phenoxy) is 1. The number of rotatable bonds is 4. The summed E-state index contributed by atoms with van der Waals surface area (Å²) in [5.74, 6) is -0.878. The summed E-state index contributed by atoms with van der Waals surface area (Å²) in [5.41, 5.74) is 4.70. The van der Waals surface area contributed by atoms with E-state index in [-0.39, 0.29) is 31.0 Å². The second-order valence-electron chi connectivity index (χ2n) is 6.19. The highest BCUT2D eigenvalue weighted by Crippen LogP contribution is 2.32. The van der Waals surface area contributed by atoms with Crippen LogP contribution in [-0.2, 0) is 14.3 Å². The first-order chi connectivity index (χ1) is 9.49. The fourth-order valence-electron chi connectivity index (χ4n) is 3.20. The van der Waals surface area contributed by atoms with Gasteiger partial charge in [-0.3, -0.25) is 9.59 Å². The van der Waals surface area contributed by atoms with Crippen molar-refractivity contribution in [1.82, 2.24) is 5.32 Å². The number of carbonyl (C=O) groups excluding carboxylic acids is 1. The number of nitrogens with one attached hydrogen (secondary N) is 1. The van der Waals surface area contributed by atoms with Gasteiger partial charge in [-0.25, -0.2) is 0 Å². The molecule has 114 valence electrons. The number of amides is 1. The molecule has 0 spiro atoms. The van der Waals surface area contributed by atoms with Gasteiger partial charge in [-0.05, 0) is 32.2 Å². The first-order valence-electron chi connectivity index (χ1n) is 7.30. The fourth-order valence-corrected chi connectivity index (χ4v) is 3.20. The number of hydrogen-bond acceptors (Lipinski definition) is 4. The summed E-state index contributed by atoms with van der Waals surface area (Å²) in [7, 11) is 0. The molecule has 0 aromatic rings. The summed E-state index contributed by atoms with van der Waals surface area (Å²) in [6.45, 7) is 2.52. The van der Waals surface area contributed by atoms with Gasteiger partial charge in [-0.15, -0.1) is 0 Å². The van der Waals surface area contributed by atoms with Crippen LogP contribution in [0.25, 0.3) is 0 Å². The van der Waals surface area contributed by atoms with Crippen molar-refractivity contribution in [2.75, 3.05) is 19.8 Å². The van der Waals surface area contributed by atoms with Crippen molar-refractivity contribution in [2.24, 2.45) is 23.0 Å². The van der Waals surface area contributed by atoms with Crippen molar-refractivity contribution in [1.29, 1.82) is 0 Å². The highest BCUT2D eigenvalue weighted by atomic mass is 16.5. The van der Waals surface area contributed by atoms with E-state index in [4.69, 9.17) is 10.5 Å². The minimum atomic E-state index is -1.04. The van der Waals surface area contributed by atoms with Gasteiger partial charge in [-0.1, -0.05) is 12.8 Å². The molecule has 2 aliphatic rings. The average molecular weight is 284 g/mol. The molecular weight excluding hydrogens is 260 g/mol. The van der Waals surface area contributed by atoms with Gasteiger partial charge in [0.25, 0.3) is 0 Å². The molecule has 20 heavy (non-hydrogen) atoms. The number of carbonyl (C=O) groups is 2. The Hall–Kier alpha value is -1.14. The van der Waals surface area contributed by atoms with Gasteiger partial charge in [0.1, 0.15) is 5.41 Å². The van der Waals surface area contributed by atoms with Crippen LogP contribution in [0, 0.1) is 17.3 Å². The molecule has 2 fully saturated rings. The standard InChI is InChI=1S/C14H24N2O4/c1-14(13(18)19)8-20-7-11(14)16-12(17)10-5-3-2-4-9(10)6-15/h9-11H,2-8,15H2,1H3,(H,16,17)(H,18,19). The third-order valence-corrected chi connectivity index (χ3v) is 4.81. The van der Waals surface area contributed by atoms with Crippen LogP contribution in [0.3, 0.4) is 0 Å². The lowest BCUT2D eigenvalue weighted by Gasteiger charge is -2.32. The Balaban J connectivity index is 2.01. The molecule has 1 heterocycles. The van der Waals surface area contributed by atoms with Crippen molar-refractivity contribution >= 4 is 11.9 Å². The highest BCUT2D eigenvalue weighted by molar-refractivity contribution is 5.82. The maximum Gasteiger partial charge on any atom is 0.313 e. The molecule has 0 aromatic carbocycles. The van der Waals surface area contributed by atoms with Gasteiger partial charge in [0, 0.05) is 5.92 Å². The van der Waals surface area contributed by atoms with Gasteiger partial charge in [0.05, 0.1) is 19.3 Å². The van der Waals surface area contributed by atoms with Crippen LogP contribution in [0.5, 0.6) is 0 Å². The predicted molar refractivity (Wildman–Crippen MR) is 73.0 cm³/mol. The first-order valence-corrected chi connectivity index (χ1v) is 7.30. The van der Waals surface area contributed by atoms with Crippen LogP contribution in [0.1, 0.15) is 32.6 Å². The summed E-state index contributed by atoms with van der Waals surface area (Å²) >= 11 is 0. The Labute approximate surface area is 119 Å². The molecule has 0 aromatic heterocycles. The predicted octanol–water partition coefficient (Wildman–Crippen LogP) is 0.357. The van der Waals surface area contributed by atoms with Gasteiger partial charge in [0.2, 0.25) is 5.91 Å². The third-order valence-electron chi connectivity index (χ3n) is 4.81. The number of aliphatic carboxylic acids is 1. The maximum atomic E-state index is 12.4. The van der Waals surface area contributed by atoms with E-state index in [1.807, 2.05) is 0 Å². The molecule has 4 atom stereocenters. The molecule has 6 nitrogen and oxygen atoms in total. The lowest BCUT2D eigenvalue weighted by Crippen LogP contribution is -2.52. The van der Waals surface area contributed by atoms with Gasteiger partial charge >= 0.3 is 5.97 Å². The van der Waals surface area contributed by atoms with Crippen molar-refractivity contribution in [3.05, 3.63) is 0 Å². The van der Waals surface area contributed by atoms with Crippen LogP contribution in [-0.4, -0.2) is 42.8 Å². The van der Waals surface area contributed by atoms with Gasteiger partial charge in [-0.2, -0.15) is 0 Å². The molecule has 0 radical (unpaired) electrons. The Morgan fingerprint density at radius 2 is 2.10 bits per heavy atom. The molecule has 1 aliphatic heterocycles. The number of nitrogens with two attached hydrogens (primary N) is 1. The number of carboxylic acid groups (broad SMARTS) is 1. The van der Waals surface area contributed by atoms with E-state index in [9.17, 15) is 14.7 Å². The van der Waals surface area contributed by atoms with Crippen LogP contribution < -0.4 is 11.1 Å². The van der Waals surface area contributed by atoms with E-state index >= 15 is 0 Å². The van der Waals surface area contributed by atoms with Crippen LogP contribution >= 0.6 is 0 Å². The summed E-state index contributed by atoms with van der Waals surface area (Å²) in [4.78, 5) is 23.8. The molecule has 1 aliphatic carbocycles. The Morgan fingerprint density at radius 1 is 1.40 bits per heavy atom. The zero-order valence-electron chi connectivity index (χ0n) is 11.9. The van der Waals surface area contributed by atoms with E-state index in [0.29, 0.717) is 6.54 Å². The van der Waals surface area contributed by atoms with Crippen molar-refractivity contribution in [2.45, 2.75) is 38.6 Å². The van der Waals surface area contributed by atoms with E-state index < -0.39 is 17.4 Å². The number of hydrogen-bond donors (Lipinski definition) is 3. The lowest BCUT2D eigenvalue weighted by molar-refractivity contribution is -0.149. The van der Waals surface area contributed by atoms with Crippen molar-refractivity contribution in [3.8, 4) is 0 Å². The van der Waals surface area contributed by atoms with Gasteiger partial charge < -0.3 is 20.9 Å².